The predicted molar refractivity (Wildman–Crippen MR) is 124 cm³/mol. The molecular weight excluding hydrogens is 465 g/mol. The van der Waals surface area contributed by atoms with Crippen LogP contribution in [0.3, 0.4) is 0 Å². The van der Waals surface area contributed by atoms with Gasteiger partial charge in [0.1, 0.15) is 11.6 Å². The highest BCUT2D eigenvalue weighted by molar-refractivity contribution is 14.1. The number of hydrogen-bond acceptors (Lipinski definition) is 4. The smallest absolute Gasteiger partial charge is 0.191 e. The first-order valence-electron chi connectivity index (χ1n) is 9.57. The molecule has 0 radical (unpaired) electrons. The van der Waals surface area contributed by atoms with Crippen LogP contribution >= 0.6 is 22.6 Å². The van der Waals surface area contributed by atoms with Crippen LogP contribution in [-0.2, 0) is 6.54 Å². The zero-order valence-corrected chi connectivity index (χ0v) is 18.4. The molecule has 0 amide bonds. The first-order chi connectivity index (χ1) is 13.6. The third-order valence-corrected chi connectivity index (χ3v) is 5.13. The van der Waals surface area contributed by atoms with E-state index in [1.165, 1.54) is 14.7 Å². The molecule has 0 spiro atoms. The molecule has 5 nitrogen and oxygen atoms in total. The van der Waals surface area contributed by atoms with Gasteiger partial charge in [-0.2, -0.15) is 0 Å². The van der Waals surface area contributed by atoms with E-state index in [0.29, 0.717) is 12.0 Å². The molecule has 0 saturated carbocycles. The van der Waals surface area contributed by atoms with Crippen molar-refractivity contribution in [3.63, 3.8) is 0 Å². The molecule has 148 valence electrons. The maximum atomic E-state index is 12.1. The van der Waals surface area contributed by atoms with Crippen LogP contribution in [0.25, 0.3) is 10.9 Å². The van der Waals surface area contributed by atoms with Gasteiger partial charge < -0.3 is 20.4 Å². The molecule has 0 bridgehead atoms. The Morgan fingerprint density at radius 3 is 2.79 bits per heavy atom. The molecule has 2 aromatic carbocycles. The molecule has 0 aliphatic heterocycles. The Kier molecular flexibility index (Phi) is 7.33. The Hall–Kier alpha value is -2.06. The number of H-pyrrole nitrogens is 1. The summed E-state index contributed by atoms with van der Waals surface area (Å²) in [7, 11) is 0. The van der Waals surface area contributed by atoms with E-state index in [9.17, 15) is 4.79 Å². The number of halogens is 1. The molecule has 3 rings (SSSR count). The Morgan fingerprint density at radius 2 is 1.96 bits per heavy atom. The topological polar surface area (TPSA) is 66.2 Å². The number of anilines is 1. The van der Waals surface area contributed by atoms with Crippen molar-refractivity contribution in [3.05, 3.63) is 67.4 Å². The van der Waals surface area contributed by atoms with Crippen molar-refractivity contribution < 1.29 is 4.74 Å². The van der Waals surface area contributed by atoms with Crippen LogP contribution in [0.15, 0.2) is 47.3 Å². The average molecular weight is 491 g/mol. The summed E-state index contributed by atoms with van der Waals surface area (Å²) in [6, 6.07) is 13.5. The number of benzene rings is 2. The maximum Gasteiger partial charge on any atom is 0.191 e. The molecule has 1 aromatic heterocycles. The molecule has 6 heteroatoms. The number of ether oxygens (including phenoxy) is 1. The largest absolute Gasteiger partial charge is 0.493 e. The molecule has 1 heterocycles. The molecule has 3 aromatic rings. The number of nitrogens with one attached hydrogen (secondary N) is 3. The van der Waals surface area contributed by atoms with Gasteiger partial charge in [-0.05, 0) is 79.2 Å². The van der Waals surface area contributed by atoms with E-state index < -0.39 is 0 Å². The van der Waals surface area contributed by atoms with E-state index in [-0.39, 0.29) is 5.43 Å². The van der Waals surface area contributed by atoms with Crippen LogP contribution in [0.4, 0.5) is 5.82 Å². The van der Waals surface area contributed by atoms with Gasteiger partial charge in [0.15, 0.2) is 5.43 Å². The fourth-order valence-corrected chi connectivity index (χ4v) is 4.08. The monoisotopic (exact) mass is 491 g/mol. The average Bonchev–Trinajstić information content (AvgIpc) is 2.67. The van der Waals surface area contributed by atoms with Crippen LogP contribution in [0, 0.1) is 10.5 Å². The Bertz CT molecular complexity index is 1000. The standard InChI is InChI=1S/C22H26IN3O2/c1-3-28-22-15(2)11-17(23)12-16(22)14-24-9-6-10-25-21-13-20(27)18-7-4-5-8-19(18)26-21/h4-5,7-8,11-13,24H,3,6,9-10,14H2,1-2H3,(H2,25,26,27). The van der Waals surface area contributed by atoms with Gasteiger partial charge in [-0.3, -0.25) is 4.79 Å². The molecule has 0 aliphatic carbocycles. The highest BCUT2D eigenvalue weighted by Crippen LogP contribution is 2.26. The van der Waals surface area contributed by atoms with Gasteiger partial charge in [0.05, 0.1) is 12.1 Å². The summed E-state index contributed by atoms with van der Waals surface area (Å²) >= 11 is 2.34. The number of hydrogen-bond donors (Lipinski definition) is 3. The van der Waals surface area contributed by atoms with Gasteiger partial charge in [-0.25, -0.2) is 0 Å². The zero-order chi connectivity index (χ0) is 19.9. The lowest BCUT2D eigenvalue weighted by Gasteiger charge is -2.15. The van der Waals surface area contributed by atoms with Crippen LogP contribution in [-0.4, -0.2) is 24.7 Å². The second-order valence-corrected chi connectivity index (χ2v) is 7.94. The zero-order valence-electron chi connectivity index (χ0n) is 16.3. The van der Waals surface area contributed by atoms with Crippen molar-refractivity contribution >= 4 is 39.3 Å². The van der Waals surface area contributed by atoms with Gasteiger partial charge in [0.25, 0.3) is 0 Å². The third-order valence-electron chi connectivity index (χ3n) is 4.50. The highest BCUT2D eigenvalue weighted by atomic mass is 127. The van der Waals surface area contributed by atoms with Crippen molar-refractivity contribution in [1.82, 2.24) is 10.3 Å². The van der Waals surface area contributed by atoms with Crippen LogP contribution in [0.5, 0.6) is 5.75 Å². The van der Waals surface area contributed by atoms with Crippen molar-refractivity contribution in [2.24, 2.45) is 0 Å². The summed E-state index contributed by atoms with van der Waals surface area (Å²) in [4.78, 5) is 15.4. The summed E-state index contributed by atoms with van der Waals surface area (Å²) in [5.41, 5.74) is 3.26. The van der Waals surface area contributed by atoms with Crippen LogP contribution in [0.1, 0.15) is 24.5 Å². The Morgan fingerprint density at radius 1 is 1.14 bits per heavy atom. The molecule has 3 N–H and O–H groups in total. The molecular formula is C22H26IN3O2. The first-order valence-corrected chi connectivity index (χ1v) is 10.6. The summed E-state index contributed by atoms with van der Waals surface area (Å²) in [5.74, 6) is 1.75. The molecule has 0 unspecified atom stereocenters. The highest BCUT2D eigenvalue weighted by Gasteiger charge is 2.08. The second kappa shape index (κ2) is 9.93. The summed E-state index contributed by atoms with van der Waals surface area (Å²) in [6.07, 6.45) is 0.946. The van der Waals surface area contributed by atoms with E-state index in [1.54, 1.807) is 6.07 Å². The van der Waals surface area contributed by atoms with Crippen LogP contribution < -0.4 is 20.8 Å². The SMILES string of the molecule is CCOc1c(C)cc(I)cc1CNCCCNc1cc(=O)c2ccccc2[nH]1. The number of rotatable bonds is 9. The first kappa shape index (κ1) is 20.7. The molecule has 28 heavy (non-hydrogen) atoms. The predicted octanol–water partition coefficient (Wildman–Crippen LogP) is 4.43. The van der Waals surface area contributed by atoms with Gasteiger partial charge in [-0.15, -0.1) is 0 Å². The van der Waals surface area contributed by atoms with Crippen molar-refractivity contribution in [2.45, 2.75) is 26.8 Å². The lowest BCUT2D eigenvalue weighted by molar-refractivity contribution is 0.333. The lowest BCUT2D eigenvalue weighted by Crippen LogP contribution is -2.19. The van der Waals surface area contributed by atoms with E-state index in [4.69, 9.17) is 4.74 Å². The Balaban J connectivity index is 1.49. The number of aryl methyl sites for hydroxylation is 1. The van der Waals surface area contributed by atoms with E-state index in [1.807, 2.05) is 31.2 Å². The van der Waals surface area contributed by atoms with E-state index in [2.05, 4.69) is 57.3 Å². The fraction of sp³-hybridized carbons (Fsp3) is 0.318. The summed E-state index contributed by atoms with van der Waals surface area (Å²) < 4.78 is 7.04. The van der Waals surface area contributed by atoms with Gasteiger partial charge in [0, 0.05) is 33.7 Å². The molecule has 0 fully saturated rings. The summed E-state index contributed by atoms with van der Waals surface area (Å²) in [5, 5.41) is 7.51. The molecule has 0 aliphatic rings. The van der Waals surface area contributed by atoms with E-state index in [0.717, 1.165) is 43.1 Å². The lowest BCUT2D eigenvalue weighted by atomic mass is 10.1. The normalized spacial score (nSPS) is 11.0. The van der Waals surface area contributed by atoms with Crippen molar-refractivity contribution in [1.29, 1.82) is 0 Å². The van der Waals surface area contributed by atoms with Gasteiger partial charge in [0.2, 0.25) is 0 Å². The number of aromatic nitrogens is 1. The minimum Gasteiger partial charge on any atom is -0.493 e. The van der Waals surface area contributed by atoms with E-state index >= 15 is 0 Å². The minimum atomic E-state index is 0.0347. The minimum absolute atomic E-state index is 0.0347. The number of para-hydroxylation sites is 1. The quantitative estimate of drug-likeness (QED) is 0.306. The van der Waals surface area contributed by atoms with Crippen LogP contribution in [0.2, 0.25) is 0 Å². The Labute approximate surface area is 179 Å². The fourth-order valence-electron chi connectivity index (χ4n) is 3.23. The molecule has 0 atom stereocenters. The van der Waals surface area contributed by atoms with Gasteiger partial charge >= 0.3 is 0 Å². The number of pyridine rings is 1. The molecule has 0 saturated heterocycles. The number of aromatic amines is 1. The third kappa shape index (κ3) is 5.26. The van der Waals surface area contributed by atoms with Gasteiger partial charge in [-0.1, -0.05) is 12.1 Å². The second-order valence-electron chi connectivity index (χ2n) is 6.69. The summed E-state index contributed by atoms with van der Waals surface area (Å²) in [6.45, 7) is 7.20. The van der Waals surface area contributed by atoms with Crippen molar-refractivity contribution in [3.8, 4) is 5.75 Å². The van der Waals surface area contributed by atoms with Crippen molar-refractivity contribution in [2.75, 3.05) is 25.0 Å². The number of fused-ring (bicyclic) bond motifs is 1. The maximum absolute atomic E-state index is 12.1.